The molecule has 0 spiro atoms. The predicted octanol–water partition coefficient (Wildman–Crippen LogP) is 1.18. The fraction of sp³-hybridized carbons (Fsp3) is 0.917. The number of nitrogens with two attached hydrogens (primary N) is 1. The molecule has 0 aromatic rings. The Bertz CT molecular complexity index is 217. The van der Waals surface area contributed by atoms with E-state index < -0.39 is 0 Å². The van der Waals surface area contributed by atoms with Gasteiger partial charge in [0.15, 0.2) is 5.84 Å². The van der Waals surface area contributed by atoms with Crippen molar-refractivity contribution >= 4 is 5.84 Å². The molecule has 5 heteroatoms. The van der Waals surface area contributed by atoms with E-state index in [9.17, 15) is 0 Å². The molecule has 0 radical (unpaired) electrons. The Balaban J connectivity index is 4.06. The van der Waals surface area contributed by atoms with Gasteiger partial charge in [-0.25, -0.2) is 0 Å². The van der Waals surface area contributed by atoms with Gasteiger partial charge >= 0.3 is 0 Å². The Labute approximate surface area is 105 Å². The number of hydrogen-bond acceptors (Lipinski definition) is 4. The Morgan fingerprint density at radius 2 is 1.76 bits per heavy atom. The van der Waals surface area contributed by atoms with Crippen molar-refractivity contribution in [1.82, 2.24) is 9.80 Å². The number of rotatable bonds is 9. The topological polar surface area (TPSA) is 65.1 Å². The van der Waals surface area contributed by atoms with E-state index in [1.807, 2.05) is 6.92 Å². The third-order valence-electron chi connectivity index (χ3n) is 3.31. The van der Waals surface area contributed by atoms with Crippen molar-refractivity contribution in [3.05, 3.63) is 0 Å². The minimum atomic E-state index is 0.00158. The summed E-state index contributed by atoms with van der Waals surface area (Å²) in [6.07, 6.45) is 1.11. The molecular weight excluding hydrogens is 216 g/mol. The Morgan fingerprint density at radius 3 is 2.18 bits per heavy atom. The smallest absolute Gasteiger partial charge is 0.156 e. The minimum Gasteiger partial charge on any atom is -0.409 e. The fourth-order valence-electron chi connectivity index (χ4n) is 1.93. The van der Waals surface area contributed by atoms with E-state index in [4.69, 9.17) is 10.9 Å². The van der Waals surface area contributed by atoms with E-state index in [2.05, 4.69) is 35.7 Å². The van der Waals surface area contributed by atoms with Crippen LogP contribution in [0.4, 0.5) is 0 Å². The lowest BCUT2D eigenvalue weighted by Gasteiger charge is -2.27. The van der Waals surface area contributed by atoms with Crippen LogP contribution < -0.4 is 5.73 Å². The van der Waals surface area contributed by atoms with E-state index in [-0.39, 0.29) is 11.9 Å². The molecule has 5 nitrogen and oxygen atoms in total. The molecular formula is C12H28N4O. The predicted molar refractivity (Wildman–Crippen MR) is 72.5 cm³/mol. The van der Waals surface area contributed by atoms with Gasteiger partial charge in [-0.05, 0) is 39.5 Å². The van der Waals surface area contributed by atoms with Gasteiger partial charge in [-0.2, -0.15) is 0 Å². The van der Waals surface area contributed by atoms with Crippen molar-refractivity contribution in [2.45, 2.75) is 40.2 Å². The van der Waals surface area contributed by atoms with E-state index in [0.717, 1.165) is 39.1 Å². The Morgan fingerprint density at radius 1 is 1.18 bits per heavy atom. The van der Waals surface area contributed by atoms with Crippen molar-refractivity contribution in [2.75, 3.05) is 32.7 Å². The molecule has 0 aromatic carbocycles. The molecule has 0 fully saturated rings. The first-order valence-electron chi connectivity index (χ1n) is 6.54. The first kappa shape index (κ1) is 16.2. The van der Waals surface area contributed by atoms with Crippen LogP contribution in [0.1, 0.15) is 34.1 Å². The lowest BCUT2D eigenvalue weighted by Crippen LogP contribution is -2.43. The second kappa shape index (κ2) is 9.24. The summed E-state index contributed by atoms with van der Waals surface area (Å²) in [6, 6.07) is 0.00158. The van der Waals surface area contributed by atoms with Crippen molar-refractivity contribution in [3.8, 4) is 0 Å². The van der Waals surface area contributed by atoms with Crippen molar-refractivity contribution in [3.63, 3.8) is 0 Å². The summed E-state index contributed by atoms with van der Waals surface area (Å²) in [7, 11) is 0. The largest absolute Gasteiger partial charge is 0.409 e. The summed E-state index contributed by atoms with van der Waals surface area (Å²) in [6.45, 7) is 13.6. The molecule has 0 saturated heterocycles. The highest BCUT2D eigenvalue weighted by atomic mass is 16.4. The van der Waals surface area contributed by atoms with E-state index >= 15 is 0 Å². The van der Waals surface area contributed by atoms with Gasteiger partial charge in [0, 0.05) is 6.54 Å². The zero-order valence-corrected chi connectivity index (χ0v) is 11.7. The van der Waals surface area contributed by atoms with Gasteiger partial charge in [0.25, 0.3) is 0 Å². The molecule has 0 bridgehead atoms. The summed E-state index contributed by atoms with van der Waals surface area (Å²) >= 11 is 0. The minimum absolute atomic E-state index is 0.00158. The van der Waals surface area contributed by atoms with E-state index in [1.54, 1.807) is 0 Å². The van der Waals surface area contributed by atoms with Crippen LogP contribution in [0.3, 0.4) is 0 Å². The molecule has 0 amide bonds. The molecule has 0 aliphatic carbocycles. The zero-order valence-electron chi connectivity index (χ0n) is 11.7. The summed E-state index contributed by atoms with van der Waals surface area (Å²) in [5.41, 5.74) is 5.62. The van der Waals surface area contributed by atoms with Gasteiger partial charge in [-0.1, -0.05) is 25.9 Å². The normalized spacial score (nSPS) is 14.6. The number of hydrogen-bond donors (Lipinski definition) is 2. The molecule has 3 N–H and O–H groups in total. The molecule has 0 aromatic heterocycles. The maximum absolute atomic E-state index is 8.67. The molecule has 0 aliphatic rings. The average molecular weight is 244 g/mol. The van der Waals surface area contributed by atoms with Gasteiger partial charge < -0.3 is 15.8 Å². The number of nitrogens with zero attached hydrogens (tertiary/aromatic N) is 3. The lowest BCUT2D eigenvalue weighted by molar-refractivity contribution is 0.225. The molecule has 17 heavy (non-hydrogen) atoms. The lowest BCUT2D eigenvalue weighted by atomic mass is 10.2. The van der Waals surface area contributed by atoms with Gasteiger partial charge in [0.2, 0.25) is 0 Å². The quantitative estimate of drug-likeness (QED) is 0.277. The molecule has 0 aliphatic heterocycles. The molecule has 1 unspecified atom stereocenters. The van der Waals surface area contributed by atoms with Crippen LogP contribution in [0.5, 0.6) is 0 Å². The first-order valence-corrected chi connectivity index (χ1v) is 6.54. The highest BCUT2D eigenvalue weighted by Gasteiger charge is 2.15. The third-order valence-corrected chi connectivity index (χ3v) is 3.31. The average Bonchev–Trinajstić information content (AvgIpc) is 2.37. The van der Waals surface area contributed by atoms with Crippen LogP contribution in [-0.4, -0.2) is 59.6 Å². The Hall–Kier alpha value is -0.810. The van der Waals surface area contributed by atoms with Crippen LogP contribution in [0.15, 0.2) is 5.16 Å². The number of likely N-dealkylation sites (N-methyl/N-ethyl adjacent to an activating group) is 1. The monoisotopic (exact) mass is 244 g/mol. The summed E-state index contributed by atoms with van der Waals surface area (Å²) < 4.78 is 0. The highest BCUT2D eigenvalue weighted by Crippen LogP contribution is 2.01. The number of oxime groups is 1. The summed E-state index contributed by atoms with van der Waals surface area (Å²) in [5.74, 6) is 0.287. The fourth-order valence-corrected chi connectivity index (χ4v) is 1.93. The highest BCUT2D eigenvalue weighted by molar-refractivity contribution is 5.84. The molecule has 0 saturated carbocycles. The van der Waals surface area contributed by atoms with Crippen LogP contribution in [0, 0.1) is 0 Å². The van der Waals surface area contributed by atoms with Gasteiger partial charge in [0.1, 0.15) is 0 Å². The first-order chi connectivity index (χ1) is 8.10. The standard InChI is InChI=1S/C12H28N4O/c1-5-15(6-2)9-8-10-16(7-3)11(4)12(13)14-17/h11,17H,5-10H2,1-4H3,(H2,13,14). The third kappa shape index (κ3) is 5.89. The van der Waals surface area contributed by atoms with Crippen LogP contribution in [0.25, 0.3) is 0 Å². The molecule has 0 rings (SSSR count). The van der Waals surface area contributed by atoms with Crippen molar-refractivity contribution < 1.29 is 5.21 Å². The zero-order chi connectivity index (χ0) is 13.3. The molecule has 0 heterocycles. The van der Waals surface area contributed by atoms with Gasteiger partial charge in [-0.3, -0.25) is 4.90 Å². The maximum atomic E-state index is 8.67. The second-order valence-electron chi connectivity index (χ2n) is 4.21. The maximum Gasteiger partial charge on any atom is 0.156 e. The molecule has 1 atom stereocenters. The van der Waals surface area contributed by atoms with Crippen LogP contribution in [0.2, 0.25) is 0 Å². The SMILES string of the molecule is CCN(CC)CCCN(CC)C(C)C(N)=NO. The van der Waals surface area contributed by atoms with Crippen molar-refractivity contribution in [2.24, 2.45) is 10.9 Å². The van der Waals surface area contributed by atoms with Gasteiger partial charge in [-0.15, -0.1) is 0 Å². The summed E-state index contributed by atoms with van der Waals surface area (Å²) in [4.78, 5) is 4.63. The number of amidine groups is 1. The van der Waals surface area contributed by atoms with Crippen molar-refractivity contribution in [1.29, 1.82) is 0 Å². The molecule has 102 valence electrons. The second-order valence-corrected chi connectivity index (χ2v) is 4.21. The van der Waals surface area contributed by atoms with Crippen LogP contribution in [-0.2, 0) is 0 Å². The van der Waals surface area contributed by atoms with E-state index in [1.165, 1.54) is 0 Å². The van der Waals surface area contributed by atoms with E-state index in [0.29, 0.717) is 0 Å². The van der Waals surface area contributed by atoms with Crippen LogP contribution >= 0.6 is 0 Å². The van der Waals surface area contributed by atoms with Gasteiger partial charge in [0.05, 0.1) is 6.04 Å². The summed E-state index contributed by atoms with van der Waals surface area (Å²) in [5, 5.41) is 11.7. The Kier molecular flexibility index (Phi) is 8.80.